The summed E-state index contributed by atoms with van der Waals surface area (Å²) in [7, 11) is 0. The van der Waals surface area contributed by atoms with Crippen molar-refractivity contribution >= 4 is 28.8 Å². The molecule has 0 saturated heterocycles. The van der Waals surface area contributed by atoms with Crippen molar-refractivity contribution in [3.63, 3.8) is 0 Å². The number of rotatable bonds is 10. The van der Waals surface area contributed by atoms with E-state index in [4.69, 9.17) is 9.15 Å². The fourth-order valence-corrected chi connectivity index (χ4v) is 4.22. The summed E-state index contributed by atoms with van der Waals surface area (Å²) < 4.78 is 11.2. The summed E-state index contributed by atoms with van der Waals surface area (Å²) in [5.41, 5.74) is 0.848. The quantitative estimate of drug-likeness (QED) is 0.350. The highest BCUT2D eigenvalue weighted by molar-refractivity contribution is 5.81. The molecular weight excluding hydrogens is 462 g/mol. The van der Waals surface area contributed by atoms with Crippen LogP contribution < -0.4 is 16.1 Å². The molecule has 4 rings (SSSR count). The molecule has 0 aliphatic heterocycles. The molecular formula is C27H33N3O6. The maximum absolute atomic E-state index is 12.7. The van der Waals surface area contributed by atoms with Crippen molar-refractivity contribution in [3.8, 4) is 0 Å². The van der Waals surface area contributed by atoms with Crippen molar-refractivity contribution in [3.05, 3.63) is 70.2 Å². The highest BCUT2D eigenvalue weighted by atomic mass is 16.6. The van der Waals surface area contributed by atoms with E-state index in [1.165, 1.54) is 6.07 Å². The highest BCUT2D eigenvalue weighted by Crippen LogP contribution is 2.21. The number of nitrogens with one attached hydrogen (secondary N) is 2. The fraction of sp³-hybridized carbons (Fsp3) is 0.407. The summed E-state index contributed by atoms with van der Waals surface area (Å²) in [5, 5.41) is 15.6. The number of carbonyl (C=O) groups is 2. The Hall–Kier alpha value is -3.88. The average molecular weight is 496 g/mol. The van der Waals surface area contributed by atoms with E-state index in [0.29, 0.717) is 35.3 Å². The zero-order valence-corrected chi connectivity index (χ0v) is 19.4. The first-order valence-corrected chi connectivity index (χ1v) is 11.9. The van der Waals surface area contributed by atoms with Crippen LogP contribution in [-0.2, 0) is 22.4 Å². The van der Waals surface area contributed by atoms with Crippen LogP contribution in [0.1, 0.15) is 50.9 Å². The Morgan fingerprint density at radius 2 is 1.97 bits per heavy atom. The number of nitrogens with zero attached hydrogens (tertiary/aromatic N) is 1. The van der Waals surface area contributed by atoms with Crippen molar-refractivity contribution in [2.24, 2.45) is 0 Å². The molecule has 1 aliphatic carbocycles. The van der Waals surface area contributed by atoms with Gasteiger partial charge in [-0.05, 0) is 61.9 Å². The van der Waals surface area contributed by atoms with Crippen LogP contribution in [0.4, 0.5) is 10.6 Å². The number of hydrogen-bond acceptors (Lipinski definition) is 7. The number of hydrogen-bond donors (Lipinski definition) is 3. The molecule has 2 aromatic heterocycles. The lowest BCUT2D eigenvalue weighted by Crippen LogP contribution is -2.43. The molecule has 36 heavy (non-hydrogen) atoms. The number of aryl methyl sites for hydroxylation is 1. The van der Waals surface area contributed by atoms with Gasteiger partial charge < -0.3 is 24.9 Å². The minimum Gasteiger partial charge on any atom is -0.480 e. The molecule has 1 aromatic carbocycles. The number of anilines is 1. The van der Waals surface area contributed by atoms with Gasteiger partial charge >= 0.3 is 12.1 Å². The molecule has 1 fully saturated rings. The maximum Gasteiger partial charge on any atom is 0.408 e. The first-order chi connectivity index (χ1) is 17.0. The van der Waals surface area contributed by atoms with Gasteiger partial charge in [-0.3, -0.25) is 4.79 Å². The molecule has 0 radical (unpaired) electrons. The number of aliphatic carboxylic acids is 1. The minimum atomic E-state index is -1.17. The molecule has 1 amide bonds. The average Bonchev–Trinajstić information content (AvgIpc) is 3.35. The first kappa shape index (κ1) is 26.7. The highest BCUT2D eigenvalue weighted by Gasteiger charge is 2.25. The van der Waals surface area contributed by atoms with Crippen LogP contribution in [0.2, 0.25) is 0 Å². The summed E-state index contributed by atoms with van der Waals surface area (Å²) in [5.74, 6) is 0.203. The molecule has 2 heterocycles. The van der Waals surface area contributed by atoms with Gasteiger partial charge in [0.25, 0.3) is 0 Å². The predicted molar refractivity (Wildman–Crippen MR) is 137 cm³/mol. The normalized spacial score (nSPS) is 14.1. The number of amides is 1. The summed E-state index contributed by atoms with van der Waals surface area (Å²) in [6, 6.07) is 10.9. The Bertz CT molecular complexity index is 1220. The maximum atomic E-state index is 12.7. The van der Waals surface area contributed by atoms with Crippen LogP contribution in [0.15, 0.2) is 57.9 Å². The number of carboxylic acids is 1. The van der Waals surface area contributed by atoms with Gasteiger partial charge in [-0.2, -0.15) is 0 Å². The monoisotopic (exact) mass is 495 g/mol. The number of carboxylic acid groups (broad SMARTS) is 1. The fourth-order valence-electron chi connectivity index (χ4n) is 4.22. The van der Waals surface area contributed by atoms with Crippen LogP contribution in [-0.4, -0.2) is 40.8 Å². The van der Waals surface area contributed by atoms with E-state index in [0.717, 1.165) is 37.9 Å². The van der Waals surface area contributed by atoms with Gasteiger partial charge in [0.1, 0.15) is 29.3 Å². The number of carbonyl (C=O) groups excluding carboxylic acids is 1. The molecule has 3 aromatic rings. The Morgan fingerprint density at radius 3 is 2.69 bits per heavy atom. The lowest BCUT2D eigenvalue weighted by Gasteiger charge is -2.17. The van der Waals surface area contributed by atoms with Crippen molar-refractivity contribution < 1.29 is 23.8 Å². The third-order valence-corrected chi connectivity index (χ3v) is 6.02. The van der Waals surface area contributed by atoms with Crippen LogP contribution in [0.5, 0.6) is 0 Å². The molecule has 1 atom stereocenters. The van der Waals surface area contributed by atoms with Crippen molar-refractivity contribution in [2.75, 3.05) is 11.9 Å². The molecule has 1 saturated carbocycles. The molecule has 192 valence electrons. The second-order valence-electron chi connectivity index (χ2n) is 8.70. The van der Waals surface area contributed by atoms with Crippen molar-refractivity contribution in [1.82, 2.24) is 10.3 Å². The Kier molecular flexibility index (Phi) is 9.44. The number of pyridine rings is 1. The molecule has 0 unspecified atom stereocenters. The smallest absolute Gasteiger partial charge is 0.408 e. The van der Waals surface area contributed by atoms with E-state index < -0.39 is 18.1 Å². The number of fused-ring (bicyclic) bond motifs is 1. The summed E-state index contributed by atoms with van der Waals surface area (Å²) in [6.07, 6.45) is 5.80. The van der Waals surface area contributed by atoms with E-state index in [-0.39, 0.29) is 25.4 Å². The molecule has 3 N–H and O–H groups in total. The minimum absolute atomic E-state index is 0. The van der Waals surface area contributed by atoms with Crippen LogP contribution >= 0.6 is 0 Å². The summed E-state index contributed by atoms with van der Waals surface area (Å²) in [6.45, 7) is 0.685. The first-order valence-electron chi connectivity index (χ1n) is 11.9. The lowest BCUT2D eigenvalue weighted by atomic mass is 10.0. The van der Waals surface area contributed by atoms with Crippen LogP contribution in [0.25, 0.3) is 11.0 Å². The number of alkyl carbamates (subject to hydrolysis) is 1. The lowest BCUT2D eigenvalue weighted by molar-refractivity contribution is -0.139. The molecule has 1 aliphatic rings. The van der Waals surface area contributed by atoms with Gasteiger partial charge in [-0.25, -0.2) is 14.6 Å². The number of aromatic nitrogens is 1. The van der Waals surface area contributed by atoms with Crippen molar-refractivity contribution in [1.29, 1.82) is 0 Å². The SMILES string of the molecule is C.O=C(N[C@@H](Cc1ccc2oc(CCCNc3ccccn3)cc(=O)c2c1)C(=O)O)OC1CCCC1. The Labute approximate surface area is 209 Å². The van der Waals surface area contributed by atoms with E-state index >= 15 is 0 Å². The number of ether oxygens (including phenoxy) is 1. The second kappa shape index (κ2) is 12.7. The van der Waals surface area contributed by atoms with Gasteiger partial charge in [-0.15, -0.1) is 0 Å². The third-order valence-electron chi connectivity index (χ3n) is 6.02. The van der Waals surface area contributed by atoms with Crippen LogP contribution in [0, 0.1) is 0 Å². The molecule has 0 bridgehead atoms. The Morgan fingerprint density at radius 1 is 1.17 bits per heavy atom. The standard InChI is InChI=1S/C26H29N3O6.CH4/c30-22-16-19(8-5-13-28-24-9-3-4-12-27-24)34-23-11-10-17(14-20(22)23)15-21(25(31)32)29-26(33)35-18-6-1-2-7-18;/h3-4,9-12,14,16,18,21H,1-2,5-8,13,15H2,(H,27,28)(H,29,33)(H,31,32);1H4/t21-;/m0./s1. The van der Waals surface area contributed by atoms with E-state index in [9.17, 15) is 19.5 Å². The number of benzene rings is 1. The van der Waals surface area contributed by atoms with E-state index in [1.54, 1.807) is 24.4 Å². The summed E-state index contributed by atoms with van der Waals surface area (Å²) in [4.78, 5) is 40.7. The largest absolute Gasteiger partial charge is 0.480 e. The van der Waals surface area contributed by atoms with E-state index in [1.807, 2.05) is 18.2 Å². The molecule has 0 spiro atoms. The second-order valence-corrected chi connectivity index (χ2v) is 8.70. The van der Waals surface area contributed by atoms with Gasteiger partial charge in [-0.1, -0.05) is 19.6 Å². The Balaban J connectivity index is 0.00000361. The predicted octanol–water partition coefficient (Wildman–Crippen LogP) is 4.53. The molecule has 9 nitrogen and oxygen atoms in total. The van der Waals surface area contributed by atoms with E-state index in [2.05, 4.69) is 15.6 Å². The van der Waals surface area contributed by atoms with Gasteiger partial charge in [0.15, 0.2) is 5.43 Å². The zero-order chi connectivity index (χ0) is 24.6. The van der Waals surface area contributed by atoms with Gasteiger partial charge in [0.2, 0.25) is 0 Å². The third kappa shape index (κ3) is 7.31. The van der Waals surface area contributed by atoms with Crippen LogP contribution in [0.3, 0.4) is 0 Å². The van der Waals surface area contributed by atoms with Gasteiger partial charge in [0, 0.05) is 31.6 Å². The topological polar surface area (TPSA) is 131 Å². The molecule has 9 heteroatoms. The van der Waals surface area contributed by atoms with Gasteiger partial charge in [0.05, 0.1) is 5.39 Å². The summed E-state index contributed by atoms with van der Waals surface area (Å²) >= 11 is 0. The van der Waals surface area contributed by atoms with Crippen molar-refractivity contribution in [2.45, 2.75) is 64.5 Å². The zero-order valence-electron chi connectivity index (χ0n) is 19.4.